The van der Waals surface area contributed by atoms with Crippen LogP contribution in [-0.2, 0) is 0 Å². The third-order valence-electron chi connectivity index (χ3n) is 3.05. The minimum Gasteiger partial charge on any atom is -0.497 e. The monoisotopic (exact) mass is 233 g/mol. The van der Waals surface area contributed by atoms with Gasteiger partial charge in [-0.15, -0.1) is 0 Å². The topological polar surface area (TPSA) is 30.8 Å². The molecule has 2 rings (SSSR count). The van der Waals surface area contributed by atoms with Crippen LogP contribution in [0.25, 0.3) is 0 Å². The maximum absolute atomic E-state index is 5.24. The quantitative estimate of drug-likeness (QED) is 0.796. The van der Waals surface area contributed by atoms with Gasteiger partial charge in [0.05, 0.1) is 19.9 Å². The summed E-state index contributed by atoms with van der Waals surface area (Å²) in [6.07, 6.45) is 6.11. The fourth-order valence-corrected chi connectivity index (χ4v) is 2.11. The van der Waals surface area contributed by atoms with E-state index in [-0.39, 0.29) is 0 Å². The first-order valence-electron chi connectivity index (χ1n) is 6.11. The Morgan fingerprint density at radius 3 is 2.00 bits per heavy atom. The van der Waals surface area contributed by atoms with Crippen molar-refractivity contribution in [2.75, 3.05) is 14.2 Å². The van der Waals surface area contributed by atoms with Gasteiger partial charge in [0.2, 0.25) is 0 Å². The standard InChI is InChI=1S/C14H19NO2/c1-16-13-8-12(9-14(10-13)17-2)15-11-6-4-3-5-7-11/h8-10H,3-7H2,1-2H3. The lowest BCUT2D eigenvalue weighted by molar-refractivity contribution is 0.394. The summed E-state index contributed by atoms with van der Waals surface area (Å²) in [7, 11) is 3.32. The van der Waals surface area contributed by atoms with Gasteiger partial charge in [0.15, 0.2) is 0 Å². The predicted octanol–water partition coefficient (Wildman–Crippen LogP) is 3.74. The summed E-state index contributed by atoms with van der Waals surface area (Å²) in [5.41, 5.74) is 2.23. The van der Waals surface area contributed by atoms with Crippen molar-refractivity contribution in [1.29, 1.82) is 0 Å². The number of aliphatic imine (C=N–C) groups is 1. The molecule has 0 heterocycles. The van der Waals surface area contributed by atoms with Gasteiger partial charge in [-0.3, -0.25) is 4.99 Å². The maximum Gasteiger partial charge on any atom is 0.124 e. The third kappa shape index (κ3) is 3.22. The second-order valence-electron chi connectivity index (χ2n) is 4.31. The molecule has 1 aliphatic carbocycles. The first kappa shape index (κ1) is 12.0. The molecule has 0 bridgehead atoms. The van der Waals surface area contributed by atoms with E-state index in [0.717, 1.165) is 30.0 Å². The number of nitrogens with zero attached hydrogens (tertiary/aromatic N) is 1. The Morgan fingerprint density at radius 1 is 0.882 bits per heavy atom. The van der Waals surface area contributed by atoms with Crippen molar-refractivity contribution in [2.45, 2.75) is 32.1 Å². The molecular weight excluding hydrogens is 214 g/mol. The largest absolute Gasteiger partial charge is 0.497 e. The van der Waals surface area contributed by atoms with Crippen molar-refractivity contribution >= 4 is 11.4 Å². The SMILES string of the molecule is COc1cc(N=C2CCCCC2)cc(OC)c1. The molecule has 1 aliphatic rings. The number of benzene rings is 1. The first-order valence-corrected chi connectivity index (χ1v) is 6.11. The molecule has 0 aromatic heterocycles. The highest BCUT2D eigenvalue weighted by Gasteiger charge is 2.08. The Labute approximate surface area is 102 Å². The van der Waals surface area contributed by atoms with Crippen LogP contribution in [0, 0.1) is 0 Å². The number of hydrogen-bond donors (Lipinski definition) is 0. The van der Waals surface area contributed by atoms with Crippen LogP contribution >= 0.6 is 0 Å². The molecule has 0 aliphatic heterocycles. The van der Waals surface area contributed by atoms with Crippen LogP contribution in [0.15, 0.2) is 23.2 Å². The highest BCUT2D eigenvalue weighted by Crippen LogP contribution is 2.29. The third-order valence-corrected chi connectivity index (χ3v) is 3.05. The van der Waals surface area contributed by atoms with Crippen molar-refractivity contribution in [1.82, 2.24) is 0 Å². The molecule has 1 aromatic rings. The van der Waals surface area contributed by atoms with Gasteiger partial charge in [-0.25, -0.2) is 0 Å². The van der Waals surface area contributed by atoms with E-state index < -0.39 is 0 Å². The van der Waals surface area contributed by atoms with Crippen molar-refractivity contribution in [2.24, 2.45) is 4.99 Å². The van der Waals surface area contributed by atoms with Gasteiger partial charge < -0.3 is 9.47 Å². The van der Waals surface area contributed by atoms with Gasteiger partial charge >= 0.3 is 0 Å². The summed E-state index contributed by atoms with van der Waals surface area (Å²) >= 11 is 0. The zero-order chi connectivity index (χ0) is 12.1. The van der Waals surface area contributed by atoms with E-state index in [2.05, 4.69) is 0 Å². The highest BCUT2D eigenvalue weighted by molar-refractivity contribution is 5.87. The molecule has 0 radical (unpaired) electrons. The molecule has 3 heteroatoms. The van der Waals surface area contributed by atoms with Crippen LogP contribution in [-0.4, -0.2) is 19.9 Å². The van der Waals surface area contributed by atoms with Crippen LogP contribution in [0.2, 0.25) is 0 Å². The van der Waals surface area contributed by atoms with Crippen LogP contribution < -0.4 is 9.47 Å². The molecule has 1 saturated carbocycles. The number of methoxy groups -OCH3 is 2. The van der Waals surface area contributed by atoms with Gasteiger partial charge in [-0.2, -0.15) is 0 Å². The molecule has 0 unspecified atom stereocenters. The average molecular weight is 233 g/mol. The smallest absolute Gasteiger partial charge is 0.124 e. The molecule has 17 heavy (non-hydrogen) atoms. The highest BCUT2D eigenvalue weighted by atomic mass is 16.5. The van der Waals surface area contributed by atoms with Crippen LogP contribution in [0.3, 0.4) is 0 Å². The normalized spacial score (nSPS) is 15.5. The fourth-order valence-electron chi connectivity index (χ4n) is 2.11. The summed E-state index contributed by atoms with van der Waals surface area (Å²) in [4.78, 5) is 4.69. The number of hydrogen-bond acceptors (Lipinski definition) is 3. The summed E-state index contributed by atoms with van der Waals surface area (Å²) < 4.78 is 10.5. The van der Waals surface area contributed by atoms with Crippen LogP contribution in [0.4, 0.5) is 5.69 Å². The van der Waals surface area contributed by atoms with E-state index in [9.17, 15) is 0 Å². The summed E-state index contributed by atoms with van der Waals surface area (Å²) in [6.45, 7) is 0. The lowest BCUT2D eigenvalue weighted by Gasteiger charge is -2.13. The van der Waals surface area contributed by atoms with Crippen molar-refractivity contribution in [3.8, 4) is 11.5 Å². The van der Waals surface area contributed by atoms with Gasteiger partial charge in [0, 0.05) is 23.9 Å². The molecule has 3 nitrogen and oxygen atoms in total. The van der Waals surface area contributed by atoms with Crippen molar-refractivity contribution < 1.29 is 9.47 Å². The van der Waals surface area contributed by atoms with Gasteiger partial charge in [0.1, 0.15) is 11.5 Å². The van der Waals surface area contributed by atoms with E-state index >= 15 is 0 Å². The molecule has 0 amide bonds. The Balaban J connectivity index is 2.24. The van der Waals surface area contributed by atoms with Crippen molar-refractivity contribution in [3.63, 3.8) is 0 Å². The molecule has 0 N–H and O–H groups in total. The lowest BCUT2D eigenvalue weighted by Crippen LogP contribution is -2.03. The minimum atomic E-state index is 0.791. The first-order chi connectivity index (χ1) is 8.31. The molecule has 1 aromatic carbocycles. The second kappa shape index (κ2) is 5.71. The van der Waals surface area contributed by atoms with E-state index in [4.69, 9.17) is 14.5 Å². The fraction of sp³-hybridized carbons (Fsp3) is 0.500. The van der Waals surface area contributed by atoms with E-state index in [1.165, 1.54) is 25.0 Å². The molecule has 0 atom stereocenters. The molecule has 1 fully saturated rings. The van der Waals surface area contributed by atoms with Crippen LogP contribution in [0.1, 0.15) is 32.1 Å². The van der Waals surface area contributed by atoms with E-state index in [1.54, 1.807) is 14.2 Å². The van der Waals surface area contributed by atoms with Gasteiger partial charge in [-0.1, -0.05) is 6.42 Å². The minimum absolute atomic E-state index is 0.791. The Bertz CT molecular complexity index is 382. The van der Waals surface area contributed by atoms with Gasteiger partial charge in [-0.05, 0) is 25.7 Å². The zero-order valence-corrected chi connectivity index (χ0v) is 10.5. The van der Waals surface area contributed by atoms with Crippen LogP contribution in [0.5, 0.6) is 11.5 Å². The second-order valence-corrected chi connectivity index (χ2v) is 4.31. The lowest BCUT2D eigenvalue weighted by atomic mass is 9.98. The Hall–Kier alpha value is -1.51. The van der Waals surface area contributed by atoms with Crippen molar-refractivity contribution in [3.05, 3.63) is 18.2 Å². The predicted molar refractivity (Wildman–Crippen MR) is 69.7 cm³/mol. The average Bonchev–Trinajstić information content (AvgIpc) is 2.39. The molecular formula is C14H19NO2. The zero-order valence-electron chi connectivity index (χ0n) is 10.5. The summed E-state index contributed by atoms with van der Waals surface area (Å²) in [5, 5.41) is 0. The van der Waals surface area contributed by atoms with Gasteiger partial charge in [0.25, 0.3) is 0 Å². The summed E-state index contributed by atoms with van der Waals surface area (Å²) in [6, 6.07) is 5.76. The van der Waals surface area contributed by atoms with E-state index in [1.807, 2.05) is 18.2 Å². The maximum atomic E-state index is 5.24. The Morgan fingerprint density at radius 2 is 1.47 bits per heavy atom. The summed E-state index contributed by atoms with van der Waals surface area (Å²) in [5.74, 6) is 1.58. The van der Waals surface area contributed by atoms with E-state index in [0.29, 0.717) is 0 Å². The number of rotatable bonds is 3. The number of ether oxygens (including phenoxy) is 2. The molecule has 92 valence electrons. The Kier molecular flexibility index (Phi) is 4.02. The molecule has 0 spiro atoms. The molecule has 0 saturated heterocycles.